The predicted octanol–water partition coefficient (Wildman–Crippen LogP) is 2.64. The molecule has 2 aliphatic heterocycles. The summed E-state index contributed by atoms with van der Waals surface area (Å²) in [5.41, 5.74) is 10.0. The lowest BCUT2D eigenvalue weighted by Crippen LogP contribution is -2.34. The first-order valence-electron chi connectivity index (χ1n) is 7.49. The zero-order valence-corrected chi connectivity index (χ0v) is 11.8. The van der Waals surface area contributed by atoms with Crippen molar-refractivity contribution in [1.29, 1.82) is 0 Å². The van der Waals surface area contributed by atoms with Gasteiger partial charge in [-0.2, -0.15) is 0 Å². The van der Waals surface area contributed by atoms with Crippen molar-refractivity contribution in [1.82, 2.24) is 0 Å². The highest BCUT2D eigenvalue weighted by Gasteiger charge is 2.24. The van der Waals surface area contributed by atoms with Crippen LogP contribution in [0.1, 0.15) is 43.4 Å². The third kappa shape index (κ3) is 2.77. The zero-order chi connectivity index (χ0) is 13.2. The SMILES string of the molecule is CC(N)c1ccc2c(c1)CCN2CC1CCCCO1. The van der Waals surface area contributed by atoms with E-state index in [0.717, 1.165) is 26.1 Å². The average molecular weight is 260 g/mol. The smallest absolute Gasteiger partial charge is 0.0749 e. The molecule has 3 heteroatoms. The van der Waals surface area contributed by atoms with Crippen LogP contribution in [0.15, 0.2) is 18.2 Å². The van der Waals surface area contributed by atoms with Gasteiger partial charge in [0, 0.05) is 31.4 Å². The van der Waals surface area contributed by atoms with Crippen LogP contribution in [0.5, 0.6) is 0 Å². The van der Waals surface area contributed by atoms with Crippen LogP contribution < -0.4 is 10.6 Å². The topological polar surface area (TPSA) is 38.5 Å². The van der Waals surface area contributed by atoms with Crippen LogP contribution in [-0.4, -0.2) is 25.8 Å². The van der Waals surface area contributed by atoms with Gasteiger partial charge < -0.3 is 15.4 Å². The first-order chi connectivity index (χ1) is 9.24. The molecule has 2 unspecified atom stereocenters. The van der Waals surface area contributed by atoms with Gasteiger partial charge >= 0.3 is 0 Å². The normalized spacial score (nSPS) is 24.3. The molecule has 1 fully saturated rings. The number of benzene rings is 1. The van der Waals surface area contributed by atoms with Crippen LogP contribution in [0.2, 0.25) is 0 Å². The standard InChI is InChI=1S/C16H24N2O/c1-12(17)13-5-6-16-14(10-13)7-8-18(16)11-15-4-2-3-9-19-15/h5-6,10,12,15H,2-4,7-9,11,17H2,1H3. The molecule has 2 aliphatic rings. The summed E-state index contributed by atoms with van der Waals surface area (Å²) in [5.74, 6) is 0. The van der Waals surface area contributed by atoms with Crippen molar-refractivity contribution in [2.45, 2.75) is 44.8 Å². The van der Waals surface area contributed by atoms with Crippen molar-refractivity contribution < 1.29 is 4.74 Å². The van der Waals surface area contributed by atoms with E-state index in [0.29, 0.717) is 6.10 Å². The summed E-state index contributed by atoms with van der Waals surface area (Å²) in [6, 6.07) is 6.82. The van der Waals surface area contributed by atoms with E-state index in [4.69, 9.17) is 10.5 Å². The molecule has 19 heavy (non-hydrogen) atoms. The molecule has 2 atom stereocenters. The van der Waals surface area contributed by atoms with Crippen LogP contribution in [0.4, 0.5) is 5.69 Å². The number of fused-ring (bicyclic) bond motifs is 1. The third-order valence-corrected chi connectivity index (χ3v) is 4.32. The summed E-state index contributed by atoms with van der Waals surface area (Å²) in [7, 11) is 0. The fourth-order valence-corrected chi connectivity index (χ4v) is 3.16. The second kappa shape index (κ2) is 5.51. The fraction of sp³-hybridized carbons (Fsp3) is 0.625. The van der Waals surface area contributed by atoms with Gasteiger partial charge in [-0.1, -0.05) is 12.1 Å². The molecule has 0 aromatic heterocycles. The predicted molar refractivity (Wildman–Crippen MR) is 78.6 cm³/mol. The monoisotopic (exact) mass is 260 g/mol. The summed E-state index contributed by atoms with van der Waals surface area (Å²) in [6.07, 6.45) is 5.32. The van der Waals surface area contributed by atoms with Gasteiger partial charge in [0.15, 0.2) is 0 Å². The van der Waals surface area contributed by atoms with Crippen molar-refractivity contribution in [3.8, 4) is 0 Å². The van der Waals surface area contributed by atoms with Crippen LogP contribution >= 0.6 is 0 Å². The fourth-order valence-electron chi connectivity index (χ4n) is 3.16. The highest BCUT2D eigenvalue weighted by atomic mass is 16.5. The van der Waals surface area contributed by atoms with Crippen LogP contribution in [0.25, 0.3) is 0 Å². The minimum atomic E-state index is 0.126. The molecule has 3 nitrogen and oxygen atoms in total. The second-order valence-electron chi connectivity index (χ2n) is 5.86. The van der Waals surface area contributed by atoms with Crippen LogP contribution in [0, 0.1) is 0 Å². The van der Waals surface area contributed by atoms with Gasteiger partial charge in [0.25, 0.3) is 0 Å². The Labute approximate surface area is 115 Å². The van der Waals surface area contributed by atoms with Crippen LogP contribution in [-0.2, 0) is 11.2 Å². The summed E-state index contributed by atoms with van der Waals surface area (Å²) >= 11 is 0. The quantitative estimate of drug-likeness (QED) is 0.908. The number of anilines is 1. The molecule has 0 radical (unpaired) electrons. The molecule has 2 N–H and O–H groups in total. The summed E-state index contributed by atoms with van der Waals surface area (Å²) in [6.45, 7) is 5.15. The van der Waals surface area contributed by atoms with E-state index < -0.39 is 0 Å². The number of rotatable bonds is 3. The molecular weight excluding hydrogens is 236 g/mol. The van der Waals surface area contributed by atoms with E-state index in [2.05, 4.69) is 23.1 Å². The summed E-state index contributed by atoms with van der Waals surface area (Å²) in [5, 5.41) is 0. The maximum Gasteiger partial charge on any atom is 0.0749 e. The first kappa shape index (κ1) is 12.9. The molecule has 0 aliphatic carbocycles. The Balaban J connectivity index is 1.71. The van der Waals surface area contributed by atoms with Gasteiger partial charge in [-0.05, 0) is 49.8 Å². The molecule has 0 spiro atoms. The Bertz CT molecular complexity index is 438. The molecule has 2 heterocycles. The lowest BCUT2D eigenvalue weighted by atomic mass is 10.0. The molecule has 0 saturated carbocycles. The lowest BCUT2D eigenvalue weighted by molar-refractivity contribution is 0.0212. The number of hydrogen-bond donors (Lipinski definition) is 1. The van der Waals surface area contributed by atoms with E-state index in [1.807, 2.05) is 6.92 Å². The Morgan fingerprint density at radius 3 is 3.05 bits per heavy atom. The van der Waals surface area contributed by atoms with Crippen LogP contribution in [0.3, 0.4) is 0 Å². The third-order valence-electron chi connectivity index (χ3n) is 4.32. The molecule has 1 aromatic rings. The number of nitrogens with two attached hydrogens (primary N) is 1. The van der Waals surface area contributed by atoms with Gasteiger partial charge in [0.05, 0.1) is 6.10 Å². The van der Waals surface area contributed by atoms with E-state index in [9.17, 15) is 0 Å². The molecule has 0 amide bonds. The van der Waals surface area contributed by atoms with Crippen molar-refractivity contribution in [2.75, 3.05) is 24.6 Å². The molecule has 0 bridgehead atoms. The van der Waals surface area contributed by atoms with E-state index in [1.54, 1.807) is 0 Å². The number of hydrogen-bond acceptors (Lipinski definition) is 3. The highest BCUT2D eigenvalue weighted by Crippen LogP contribution is 2.31. The molecule has 3 rings (SSSR count). The molecule has 104 valence electrons. The molecular formula is C16H24N2O. The minimum absolute atomic E-state index is 0.126. The molecule has 1 saturated heterocycles. The second-order valence-corrected chi connectivity index (χ2v) is 5.86. The van der Waals surface area contributed by atoms with Gasteiger partial charge in [-0.25, -0.2) is 0 Å². The Morgan fingerprint density at radius 2 is 2.32 bits per heavy atom. The average Bonchev–Trinajstić information content (AvgIpc) is 2.82. The van der Waals surface area contributed by atoms with Crippen molar-refractivity contribution in [3.63, 3.8) is 0 Å². The van der Waals surface area contributed by atoms with Crippen molar-refractivity contribution in [2.24, 2.45) is 5.73 Å². The maximum atomic E-state index is 5.96. The lowest BCUT2D eigenvalue weighted by Gasteiger charge is -2.29. The largest absolute Gasteiger partial charge is 0.376 e. The minimum Gasteiger partial charge on any atom is -0.376 e. The Morgan fingerprint density at radius 1 is 1.42 bits per heavy atom. The summed E-state index contributed by atoms with van der Waals surface area (Å²) in [4.78, 5) is 2.48. The van der Waals surface area contributed by atoms with E-state index >= 15 is 0 Å². The maximum absolute atomic E-state index is 5.96. The van der Waals surface area contributed by atoms with Crippen molar-refractivity contribution >= 4 is 5.69 Å². The Kier molecular flexibility index (Phi) is 3.76. The van der Waals surface area contributed by atoms with Gasteiger partial charge in [0.2, 0.25) is 0 Å². The van der Waals surface area contributed by atoms with E-state index in [1.165, 1.54) is 36.1 Å². The first-order valence-corrected chi connectivity index (χ1v) is 7.49. The number of ether oxygens (including phenoxy) is 1. The van der Waals surface area contributed by atoms with Gasteiger partial charge in [-0.3, -0.25) is 0 Å². The van der Waals surface area contributed by atoms with Gasteiger partial charge in [-0.15, -0.1) is 0 Å². The Hall–Kier alpha value is -1.06. The van der Waals surface area contributed by atoms with E-state index in [-0.39, 0.29) is 6.04 Å². The van der Waals surface area contributed by atoms with Gasteiger partial charge in [0.1, 0.15) is 0 Å². The zero-order valence-electron chi connectivity index (χ0n) is 11.8. The molecule has 1 aromatic carbocycles. The number of nitrogens with zero attached hydrogens (tertiary/aromatic N) is 1. The van der Waals surface area contributed by atoms with Crippen molar-refractivity contribution in [3.05, 3.63) is 29.3 Å². The summed E-state index contributed by atoms with van der Waals surface area (Å²) < 4.78 is 5.86. The highest BCUT2D eigenvalue weighted by molar-refractivity contribution is 5.59.